The summed E-state index contributed by atoms with van der Waals surface area (Å²) in [6.07, 6.45) is 0.0339. The van der Waals surface area contributed by atoms with E-state index in [4.69, 9.17) is 23.2 Å². The normalized spacial score (nSPS) is 14.9. The highest BCUT2D eigenvalue weighted by Crippen LogP contribution is 2.37. The van der Waals surface area contributed by atoms with Gasteiger partial charge in [0, 0.05) is 17.6 Å². The van der Waals surface area contributed by atoms with E-state index in [1.165, 1.54) is 29.2 Å². The van der Waals surface area contributed by atoms with Crippen LogP contribution in [0.15, 0.2) is 77.7 Å². The molecule has 45 heavy (non-hydrogen) atoms. The first-order valence-electron chi connectivity index (χ1n) is 14.6. The Morgan fingerprint density at radius 1 is 0.956 bits per heavy atom. The monoisotopic (exact) mass is 683 g/mol. The summed E-state index contributed by atoms with van der Waals surface area (Å²) in [5.74, 6) is -1.19. The summed E-state index contributed by atoms with van der Waals surface area (Å²) < 4.78 is 69.7. The van der Waals surface area contributed by atoms with Crippen LogP contribution in [-0.4, -0.2) is 43.8 Å². The molecule has 1 N–H and O–H groups in total. The van der Waals surface area contributed by atoms with E-state index >= 15 is 0 Å². The summed E-state index contributed by atoms with van der Waals surface area (Å²) in [5, 5.41) is 3.19. The summed E-state index contributed by atoms with van der Waals surface area (Å²) in [6, 6.07) is 14.9. The Bertz CT molecular complexity index is 1580. The largest absolute Gasteiger partial charge is 0.416 e. The number of hydrogen-bond donors (Lipinski definition) is 1. The molecule has 2 amide bonds. The van der Waals surface area contributed by atoms with Crippen molar-refractivity contribution in [1.29, 1.82) is 0 Å². The number of halogens is 5. The summed E-state index contributed by atoms with van der Waals surface area (Å²) in [6.45, 7) is 0.733. The molecule has 0 bridgehead atoms. The van der Waals surface area contributed by atoms with Crippen molar-refractivity contribution in [2.45, 2.75) is 75.1 Å². The zero-order valence-electron chi connectivity index (χ0n) is 24.6. The fourth-order valence-corrected chi connectivity index (χ4v) is 7.21. The molecule has 0 saturated heterocycles. The van der Waals surface area contributed by atoms with Gasteiger partial charge in [0.15, 0.2) is 0 Å². The zero-order chi connectivity index (χ0) is 32.8. The molecule has 4 rings (SSSR count). The van der Waals surface area contributed by atoms with Gasteiger partial charge in [0.05, 0.1) is 21.2 Å². The van der Waals surface area contributed by atoms with Crippen molar-refractivity contribution in [2.24, 2.45) is 0 Å². The van der Waals surface area contributed by atoms with Gasteiger partial charge in [0.1, 0.15) is 12.6 Å². The molecule has 0 unspecified atom stereocenters. The minimum Gasteiger partial charge on any atom is -0.352 e. The van der Waals surface area contributed by atoms with Crippen molar-refractivity contribution in [3.05, 3.63) is 94.0 Å². The van der Waals surface area contributed by atoms with Crippen molar-refractivity contribution in [2.75, 3.05) is 10.8 Å². The molecule has 1 atom stereocenters. The van der Waals surface area contributed by atoms with Gasteiger partial charge in [0.2, 0.25) is 11.8 Å². The maximum Gasteiger partial charge on any atom is 0.416 e. The van der Waals surface area contributed by atoms with Gasteiger partial charge in [-0.05, 0) is 67.3 Å². The molecule has 3 aromatic carbocycles. The maximum absolute atomic E-state index is 14.2. The molecule has 0 aromatic heterocycles. The molecule has 0 heterocycles. The van der Waals surface area contributed by atoms with Crippen LogP contribution < -0.4 is 9.62 Å². The van der Waals surface area contributed by atoms with Gasteiger partial charge in [-0.3, -0.25) is 13.9 Å². The molecule has 0 spiro atoms. The van der Waals surface area contributed by atoms with Crippen molar-refractivity contribution in [3.8, 4) is 0 Å². The van der Waals surface area contributed by atoms with Crippen molar-refractivity contribution >= 4 is 50.7 Å². The Morgan fingerprint density at radius 3 is 2.20 bits per heavy atom. The Kier molecular flexibility index (Phi) is 11.4. The number of nitrogens with one attached hydrogen (secondary N) is 1. The molecule has 1 fully saturated rings. The number of anilines is 1. The SMILES string of the molecule is CC[C@H](C(=O)NC1CCCCC1)N(Cc1ccc(Cl)cc1)C(=O)CN(c1cc(C(F)(F)F)ccc1Cl)S(=O)(=O)c1ccccc1. The first kappa shape index (κ1) is 34.6. The average Bonchev–Trinajstić information content (AvgIpc) is 3.01. The fourth-order valence-electron chi connectivity index (χ4n) is 5.36. The van der Waals surface area contributed by atoms with Gasteiger partial charge in [-0.15, -0.1) is 0 Å². The number of sulfonamides is 1. The standard InChI is InChI=1S/C32H34Cl2F3N3O4S/c1-2-28(31(42)38-25-9-5-3-6-10-25)39(20-22-13-16-24(33)17-14-22)30(41)21-40(45(43,44)26-11-7-4-8-12-26)29-19-23(32(35,36)37)15-18-27(29)34/h4,7-8,11-19,25,28H,2-3,5-6,9-10,20-21H2,1H3,(H,38,42)/t28-/m1/s1. The first-order valence-corrected chi connectivity index (χ1v) is 16.8. The van der Waals surface area contributed by atoms with Crippen LogP contribution in [0.1, 0.15) is 56.6 Å². The number of amides is 2. The van der Waals surface area contributed by atoms with E-state index in [2.05, 4.69) is 5.32 Å². The molecular weight excluding hydrogens is 650 g/mol. The van der Waals surface area contributed by atoms with Crippen LogP contribution in [0.4, 0.5) is 18.9 Å². The highest BCUT2D eigenvalue weighted by Gasteiger charge is 2.37. The number of carbonyl (C=O) groups is 2. The van der Waals surface area contributed by atoms with E-state index in [9.17, 15) is 31.2 Å². The van der Waals surface area contributed by atoms with E-state index in [1.54, 1.807) is 37.3 Å². The predicted octanol–water partition coefficient (Wildman–Crippen LogP) is 7.46. The second kappa shape index (κ2) is 14.9. The number of rotatable bonds is 11. The van der Waals surface area contributed by atoms with Crippen molar-refractivity contribution in [3.63, 3.8) is 0 Å². The zero-order valence-corrected chi connectivity index (χ0v) is 26.9. The fraction of sp³-hybridized carbons (Fsp3) is 0.375. The smallest absolute Gasteiger partial charge is 0.352 e. The van der Waals surface area contributed by atoms with Crippen molar-refractivity contribution in [1.82, 2.24) is 10.2 Å². The van der Waals surface area contributed by atoms with Gasteiger partial charge in [-0.1, -0.05) is 79.7 Å². The van der Waals surface area contributed by atoms with Crippen LogP contribution in [0.2, 0.25) is 10.0 Å². The number of alkyl halides is 3. The van der Waals surface area contributed by atoms with Gasteiger partial charge in [-0.2, -0.15) is 13.2 Å². The third-order valence-electron chi connectivity index (χ3n) is 7.76. The van der Waals surface area contributed by atoms with Crippen molar-refractivity contribution < 1.29 is 31.2 Å². The Labute approximate surface area is 271 Å². The van der Waals surface area contributed by atoms with Crippen LogP contribution >= 0.6 is 23.2 Å². The van der Waals surface area contributed by atoms with Crippen LogP contribution in [0, 0.1) is 0 Å². The highest BCUT2D eigenvalue weighted by molar-refractivity contribution is 7.92. The third kappa shape index (κ3) is 8.71. The summed E-state index contributed by atoms with van der Waals surface area (Å²) in [4.78, 5) is 28.8. The molecule has 0 radical (unpaired) electrons. The van der Waals surface area contributed by atoms with Crippen LogP contribution in [-0.2, 0) is 32.3 Å². The maximum atomic E-state index is 14.2. The lowest BCUT2D eigenvalue weighted by molar-refractivity contribution is -0.140. The van der Waals surface area contributed by atoms with E-state index in [-0.39, 0.29) is 34.8 Å². The van der Waals surface area contributed by atoms with E-state index in [0.29, 0.717) is 21.0 Å². The number of hydrogen-bond acceptors (Lipinski definition) is 4. The van der Waals surface area contributed by atoms with Gasteiger partial charge in [-0.25, -0.2) is 8.42 Å². The van der Waals surface area contributed by atoms with E-state index < -0.39 is 45.9 Å². The molecule has 0 aliphatic heterocycles. The molecule has 3 aromatic rings. The summed E-state index contributed by atoms with van der Waals surface area (Å²) in [5.41, 5.74) is -1.04. The molecule has 1 aliphatic rings. The van der Waals surface area contributed by atoms with E-state index in [1.807, 2.05) is 0 Å². The van der Waals surface area contributed by atoms with Gasteiger partial charge >= 0.3 is 6.18 Å². The first-order chi connectivity index (χ1) is 21.3. The lowest BCUT2D eigenvalue weighted by Crippen LogP contribution is -2.54. The molecule has 13 heteroatoms. The highest BCUT2D eigenvalue weighted by atomic mass is 35.5. The Balaban J connectivity index is 1.77. The summed E-state index contributed by atoms with van der Waals surface area (Å²) >= 11 is 12.4. The molecule has 1 saturated carbocycles. The topological polar surface area (TPSA) is 86.8 Å². The second-order valence-electron chi connectivity index (χ2n) is 10.9. The van der Waals surface area contributed by atoms with Crippen LogP contribution in [0.3, 0.4) is 0 Å². The lowest BCUT2D eigenvalue weighted by atomic mass is 9.95. The minimum atomic E-state index is -4.81. The van der Waals surface area contributed by atoms with Crippen LogP contribution in [0.5, 0.6) is 0 Å². The molecule has 1 aliphatic carbocycles. The quantitative estimate of drug-likeness (QED) is 0.227. The number of nitrogens with zero attached hydrogens (tertiary/aromatic N) is 2. The Hall–Kier alpha value is -3.28. The second-order valence-corrected chi connectivity index (χ2v) is 13.6. The predicted molar refractivity (Wildman–Crippen MR) is 169 cm³/mol. The third-order valence-corrected chi connectivity index (χ3v) is 10.1. The molecule has 242 valence electrons. The molecule has 7 nitrogen and oxygen atoms in total. The van der Waals surface area contributed by atoms with E-state index in [0.717, 1.165) is 44.2 Å². The van der Waals surface area contributed by atoms with Gasteiger partial charge < -0.3 is 10.2 Å². The average molecular weight is 685 g/mol. The number of benzene rings is 3. The van der Waals surface area contributed by atoms with Crippen LogP contribution in [0.25, 0.3) is 0 Å². The minimum absolute atomic E-state index is 0.0494. The Morgan fingerprint density at radius 2 is 1.60 bits per heavy atom. The molecular formula is C32H34Cl2F3N3O4S. The van der Waals surface area contributed by atoms with Gasteiger partial charge in [0.25, 0.3) is 10.0 Å². The summed E-state index contributed by atoms with van der Waals surface area (Å²) in [7, 11) is -4.61. The lowest BCUT2D eigenvalue weighted by Gasteiger charge is -2.34. The number of carbonyl (C=O) groups excluding carboxylic acids is 2.